The van der Waals surface area contributed by atoms with Crippen molar-refractivity contribution in [3.05, 3.63) is 64.7 Å². The predicted octanol–water partition coefficient (Wildman–Crippen LogP) is 4.92. The van der Waals surface area contributed by atoms with E-state index in [2.05, 4.69) is 11.2 Å². The van der Waals surface area contributed by atoms with Gasteiger partial charge in [0.2, 0.25) is 0 Å². The van der Waals surface area contributed by atoms with Crippen LogP contribution in [0.5, 0.6) is 11.5 Å². The van der Waals surface area contributed by atoms with Crippen molar-refractivity contribution in [3.63, 3.8) is 0 Å². The van der Waals surface area contributed by atoms with Gasteiger partial charge in [0.15, 0.2) is 11.5 Å². The largest absolute Gasteiger partial charge is 0.493 e. The fourth-order valence-corrected chi connectivity index (χ4v) is 2.81. The van der Waals surface area contributed by atoms with Crippen LogP contribution in [0.1, 0.15) is 17.5 Å². The lowest BCUT2D eigenvalue weighted by Crippen LogP contribution is -2.21. The molecule has 2 aromatic carbocycles. The quantitative estimate of drug-likeness (QED) is 0.478. The maximum atomic E-state index is 5.97. The number of halogens is 1. The van der Waals surface area contributed by atoms with Crippen molar-refractivity contribution in [1.29, 1.82) is 0 Å². The van der Waals surface area contributed by atoms with Crippen LogP contribution in [0.15, 0.2) is 48.5 Å². The van der Waals surface area contributed by atoms with Crippen molar-refractivity contribution < 1.29 is 9.47 Å². The van der Waals surface area contributed by atoms with Gasteiger partial charge in [-0.2, -0.15) is 0 Å². The van der Waals surface area contributed by atoms with Crippen molar-refractivity contribution in [2.45, 2.75) is 12.8 Å². The van der Waals surface area contributed by atoms with Gasteiger partial charge in [0.25, 0.3) is 0 Å². The second-order valence-electron chi connectivity index (χ2n) is 5.74. The van der Waals surface area contributed by atoms with Crippen LogP contribution in [0.3, 0.4) is 0 Å². The lowest BCUT2D eigenvalue weighted by atomic mass is 10.1. The van der Waals surface area contributed by atoms with Crippen LogP contribution in [-0.2, 0) is 6.42 Å². The third-order valence-electron chi connectivity index (χ3n) is 3.76. The molecule has 0 aliphatic rings. The average Bonchev–Trinajstić information content (AvgIpc) is 2.68. The summed E-state index contributed by atoms with van der Waals surface area (Å²) >= 11 is 11.4. The number of methoxy groups -OCH3 is 1. The Morgan fingerprint density at radius 2 is 2.11 bits per heavy atom. The Hall–Kier alpha value is -2.48. The molecule has 0 bridgehead atoms. The third kappa shape index (κ3) is 7.34. The molecule has 0 aliphatic carbocycles. The molecule has 0 saturated heterocycles. The van der Waals surface area contributed by atoms with E-state index < -0.39 is 0 Å². The zero-order valence-corrected chi connectivity index (χ0v) is 16.8. The smallest absolute Gasteiger partial charge is 0.162 e. The van der Waals surface area contributed by atoms with Gasteiger partial charge in [0, 0.05) is 18.0 Å². The van der Waals surface area contributed by atoms with Gasteiger partial charge in [-0.25, -0.2) is 0 Å². The molecule has 0 unspecified atom stereocenters. The first-order valence-corrected chi connectivity index (χ1v) is 9.33. The summed E-state index contributed by atoms with van der Waals surface area (Å²) in [5.41, 5.74) is 2.19. The zero-order valence-electron chi connectivity index (χ0n) is 15.2. The monoisotopic (exact) mass is 399 g/mol. The second kappa shape index (κ2) is 11.3. The summed E-state index contributed by atoms with van der Waals surface area (Å²) in [5, 5.41) is 3.97. The Labute approximate surface area is 171 Å². The summed E-state index contributed by atoms with van der Waals surface area (Å²) in [6.45, 7) is 0.889. The number of hydrogen-bond acceptors (Lipinski definition) is 3. The number of nitrogens with one attached hydrogen (secondary N) is 1. The lowest BCUT2D eigenvalue weighted by Gasteiger charge is -2.11. The summed E-state index contributed by atoms with van der Waals surface area (Å²) in [4.78, 5) is 0.817. The van der Waals surface area contributed by atoms with Crippen molar-refractivity contribution in [2.24, 2.45) is 0 Å². The molecule has 5 heteroatoms. The maximum Gasteiger partial charge on any atom is 0.162 e. The van der Waals surface area contributed by atoms with Crippen LogP contribution in [0.4, 0.5) is 0 Å². The minimum Gasteiger partial charge on any atom is -0.493 e. The Kier molecular flexibility index (Phi) is 8.70. The third-order valence-corrected chi connectivity index (χ3v) is 4.34. The lowest BCUT2D eigenvalue weighted by molar-refractivity contribution is 0.330. The topological polar surface area (TPSA) is 30.5 Å². The summed E-state index contributed by atoms with van der Waals surface area (Å²) in [6.07, 6.45) is 10.8. The minimum atomic E-state index is 0.215. The molecule has 0 fully saturated rings. The van der Waals surface area contributed by atoms with E-state index in [9.17, 15) is 0 Å². The molecule has 0 saturated carbocycles. The molecule has 0 radical (unpaired) electrons. The molecular formula is C22H22ClNO2S. The number of ether oxygens (including phenoxy) is 2. The SMILES string of the molecule is C#CCOc1ccc(CCC(=S)NCC=Cc2cccc(Cl)c2)cc1OC. The Balaban J connectivity index is 1.79. The van der Waals surface area contributed by atoms with Crippen LogP contribution in [0, 0.1) is 12.3 Å². The van der Waals surface area contributed by atoms with Gasteiger partial charge in [-0.3, -0.25) is 0 Å². The van der Waals surface area contributed by atoms with Gasteiger partial charge < -0.3 is 14.8 Å². The van der Waals surface area contributed by atoms with E-state index in [1.54, 1.807) is 7.11 Å². The highest BCUT2D eigenvalue weighted by Crippen LogP contribution is 2.28. The van der Waals surface area contributed by atoms with E-state index in [1.807, 2.05) is 54.6 Å². The normalized spacial score (nSPS) is 10.4. The van der Waals surface area contributed by atoms with Crippen molar-refractivity contribution >= 4 is 34.9 Å². The molecular weight excluding hydrogens is 378 g/mol. The molecule has 0 aromatic heterocycles. The van der Waals surface area contributed by atoms with Crippen LogP contribution < -0.4 is 14.8 Å². The maximum absolute atomic E-state index is 5.97. The highest BCUT2D eigenvalue weighted by molar-refractivity contribution is 7.80. The predicted molar refractivity (Wildman–Crippen MR) is 117 cm³/mol. The number of thiocarbonyl (C=S) groups is 1. The van der Waals surface area contributed by atoms with E-state index in [-0.39, 0.29) is 6.61 Å². The van der Waals surface area contributed by atoms with Gasteiger partial charge in [0.05, 0.1) is 12.1 Å². The second-order valence-corrected chi connectivity index (χ2v) is 6.67. The van der Waals surface area contributed by atoms with Crippen molar-refractivity contribution in [1.82, 2.24) is 5.32 Å². The molecule has 0 spiro atoms. The number of hydrogen-bond donors (Lipinski definition) is 1. The van der Waals surface area contributed by atoms with E-state index >= 15 is 0 Å². The van der Waals surface area contributed by atoms with Gasteiger partial charge >= 0.3 is 0 Å². The molecule has 140 valence electrons. The number of terminal acetylenes is 1. The molecule has 2 rings (SSSR count). The van der Waals surface area contributed by atoms with Crippen LogP contribution in [-0.4, -0.2) is 25.2 Å². The average molecular weight is 400 g/mol. The Morgan fingerprint density at radius 3 is 2.85 bits per heavy atom. The molecule has 27 heavy (non-hydrogen) atoms. The summed E-state index contributed by atoms with van der Waals surface area (Å²) in [5.74, 6) is 3.76. The van der Waals surface area contributed by atoms with E-state index in [1.165, 1.54) is 0 Å². The Morgan fingerprint density at radius 1 is 1.26 bits per heavy atom. The fraction of sp³-hybridized carbons (Fsp3) is 0.227. The molecule has 2 aromatic rings. The van der Waals surface area contributed by atoms with E-state index in [0.717, 1.165) is 34.0 Å². The van der Waals surface area contributed by atoms with E-state index in [0.29, 0.717) is 18.0 Å². The number of rotatable bonds is 9. The highest BCUT2D eigenvalue weighted by atomic mass is 35.5. The first kappa shape index (κ1) is 20.8. The molecule has 3 nitrogen and oxygen atoms in total. The van der Waals surface area contributed by atoms with Gasteiger partial charge in [-0.1, -0.05) is 60.1 Å². The fourth-order valence-electron chi connectivity index (χ4n) is 2.43. The zero-order chi connectivity index (χ0) is 19.5. The molecule has 0 amide bonds. The minimum absolute atomic E-state index is 0.215. The van der Waals surface area contributed by atoms with Gasteiger partial charge in [-0.15, -0.1) is 6.42 Å². The van der Waals surface area contributed by atoms with Crippen LogP contribution >= 0.6 is 23.8 Å². The highest BCUT2D eigenvalue weighted by Gasteiger charge is 2.06. The number of aryl methyl sites for hydroxylation is 1. The standard InChI is InChI=1S/C22H22ClNO2S/c1-3-14-26-20-11-9-18(16-21(20)25-2)10-12-22(27)24-13-5-7-17-6-4-8-19(23)15-17/h1,4-9,11,15-16H,10,12-14H2,2H3,(H,24,27). The van der Waals surface area contributed by atoms with Gasteiger partial charge in [0.1, 0.15) is 6.61 Å². The summed E-state index contributed by atoms with van der Waals surface area (Å²) in [7, 11) is 1.61. The number of benzene rings is 2. The van der Waals surface area contributed by atoms with Gasteiger partial charge in [-0.05, 0) is 41.8 Å². The molecule has 0 aliphatic heterocycles. The summed E-state index contributed by atoms with van der Waals surface area (Å²) in [6, 6.07) is 13.5. The molecule has 0 atom stereocenters. The molecule has 0 heterocycles. The van der Waals surface area contributed by atoms with Crippen molar-refractivity contribution in [3.8, 4) is 23.8 Å². The first-order valence-electron chi connectivity index (χ1n) is 8.54. The van der Waals surface area contributed by atoms with E-state index in [4.69, 9.17) is 39.7 Å². The summed E-state index contributed by atoms with van der Waals surface area (Å²) < 4.78 is 10.8. The van der Waals surface area contributed by atoms with Crippen LogP contribution in [0.2, 0.25) is 5.02 Å². The molecule has 1 N–H and O–H groups in total. The first-order chi connectivity index (χ1) is 13.1. The Bertz CT molecular complexity index is 842. The van der Waals surface area contributed by atoms with Crippen LogP contribution in [0.25, 0.3) is 6.08 Å². The van der Waals surface area contributed by atoms with Crippen molar-refractivity contribution in [2.75, 3.05) is 20.3 Å².